The van der Waals surface area contributed by atoms with Gasteiger partial charge in [0.25, 0.3) is 5.89 Å². The number of H-pyrrole nitrogens is 1. The lowest BCUT2D eigenvalue weighted by Crippen LogP contribution is -2.15. The van der Waals surface area contributed by atoms with Crippen molar-refractivity contribution in [3.8, 4) is 34.3 Å². The maximum absolute atomic E-state index is 12.6. The van der Waals surface area contributed by atoms with Gasteiger partial charge in [-0.1, -0.05) is 71.8 Å². The maximum atomic E-state index is 12.6. The van der Waals surface area contributed by atoms with Crippen molar-refractivity contribution in [1.82, 2.24) is 25.3 Å². The Bertz CT molecular complexity index is 1420. The third kappa shape index (κ3) is 4.53. The Morgan fingerprint density at radius 3 is 2.51 bits per heavy atom. The lowest BCUT2D eigenvalue weighted by atomic mass is 9.96. The Morgan fingerprint density at radius 1 is 1.03 bits per heavy atom. The first-order valence-electron chi connectivity index (χ1n) is 11.2. The van der Waals surface area contributed by atoms with E-state index in [0.717, 1.165) is 11.1 Å². The number of nitrogens with zero attached hydrogens (tertiary/aromatic N) is 4. The van der Waals surface area contributed by atoms with E-state index in [1.165, 1.54) is 0 Å². The Hall–Kier alpha value is -4.37. The van der Waals surface area contributed by atoms with Crippen molar-refractivity contribution in [2.45, 2.75) is 32.3 Å². The molecular formula is C26H23N5O4. The first kappa shape index (κ1) is 22.4. The van der Waals surface area contributed by atoms with Crippen LogP contribution in [-0.4, -0.2) is 36.2 Å². The summed E-state index contributed by atoms with van der Waals surface area (Å²) in [7, 11) is 0. The second kappa shape index (κ2) is 9.47. The molecular weight excluding hydrogens is 446 g/mol. The highest BCUT2D eigenvalue weighted by Gasteiger charge is 2.23. The molecule has 1 unspecified atom stereocenters. The second-order valence-corrected chi connectivity index (χ2v) is 8.34. The summed E-state index contributed by atoms with van der Waals surface area (Å²) in [6.45, 7) is 3.78. The molecule has 2 aromatic carbocycles. The van der Waals surface area contributed by atoms with Crippen molar-refractivity contribution in [3.05, 3.63) is 83.9 Å². The Morgan fingerprint density at radius 2 is 1.80 bits per heavy atom. The van der Waals surface area contributed by atoms with Crippen molar-refractivity contribution in [1.29, 1.82) is 0 Å². The van der Waals surface area contributed by atoms with Gasteiger partial charge < -0.3 is 19.1 Å². The molecule has 0 fully saturated rings. The largest absolute Gasteiger partial charge is 0.381 e. The van der Waals surface area contributed by atoms with Crippen LogP contribution >= 0.6 is 0 Å². The standard InChI is InChI=1S/C26H23N5O4/c1-15(24-27-12-13-28-24)14-20(32)22(33)18-8-10-19(11-9-18)25-29-26(35-31-25)23-16(2)21(30-34-23)17-6-4-3-5-7-17/h3-13,15,22,33H,14H2,1-2H3,(H,27,28)/t15-,22?/m1/s1. The van der Waals surface area contributed by atoms with Gasteiger partial charge in [0.05, 0.1) is 0 Å². The summed E-state index contributed by atoms with van der Waals surface area (Å²) in [4.78, 5) is 24.2. The van der Waals surface area contributed by atoms with E-state index in [-0.39, 0.29) is 24.0 Å². The van der Waals surface area contributed by atoms with E-state index in [2.05, 4.69) is 25.3 Å². The van der Waals surface area contributed by atoms with E-state index in [9.17, 15) is 9.90 Å². The van der Waals surface area contributed by atoms with Crippen molar-refractivity contribution >= 4 is 5.78 Å². The van der Waals surface area contributed by atoms with Gasteiger partial charge in [-0.05, 0) is 12.5 Å². The molecule has 2 atom stereocenters. The van der Waals surface area contributed by atoms with Crippen molar-refractivity contribution < 1.29 is 18.9 Å². The van der Waals surface area contributed by atoms with Gasteiger partial charge >= 0.3 is 0 Å². The summed E-state index contributed by atoms with van der Waals surface area (Å²) in [5.41, 5.74) is 3.61. The van der Waals surface area contributed by atoms with E-state index in [1.807, 2.05) is 44.2 Å². The third-order valence-corrected chi connectivity index (χ3v) is 5.87. The van der Waals surface area contributed by atoms with Crippen LogP contribution in [0.5, 0.6) is 0 Å². The van der Waals surface area contributed by atoms with Gasteiger partial charge in [-0.15, -0.1) is 0 Å². The molecule has 0 aliphatic rings. The van der Waals surface area contributed by atoms with E-state index in [1.54, 1.807) is 36.7 Å². The van der Waals surface area contributed by atoms with Gasteiger partial charge in [0.2, 0.25) is 11.6 Å². The molecule has 0 amide bonds. The molecule has 5 rings (SSSR count). The highest BCUT2D eigenvalue weighted by molar-refractivity contribution is 5.84. The number of Topliss-reactive ketones (excluding diaryl/α,β-unsaturated/α-hetero) is 1. The average Bonchev–Trinajstić information content (AvgIpc) is 3.65. The van der Waals surface area contributed by atoms with E-state index in [4.69, 9.17) is 9.05 Å². The Balaban J connectivity index is 1.30. The van der Waals surface area contributed by atoms with Crippen LogP contribution in [0, 0.1) is 6.92 Å². The minimum atomic E-state index is -1.23. The van der Waals surface area contributed by atoms with E-state index in [0.29, 0.717) is 34.2 Å². The molecule has 0 aliphatic carbocycles. The number of hydrogen-bond donors (Lipinski definition) is 2. The van der Waals surface area contributed by atoms with Crippen LogP contribution in [0.2, 0.25) is 0 Å². The summed E-state index contributed by atoms with van der Waals surface area (Å²) in [5, 5.41) is 18.7. The summed E-state index contributed by atoms with van der Waals surface area (Å²) < 4.78 is 10.9. The summed E-state index contributed by atoms with van der Waals surface area (Å²) >= 11 is 0. The number of hydrogen-bond acceptors (Lipinski definition) is 8. The van der Waals surface area contributed by atoms with Crippen molar-refractivity contribution in [3.63, 3.8) is 0 Å². The minimum absolute atomic E-state index is 0.119. The highest BCUT2D eigenvalue weighted by atomic mass is 16.5. The lowest BCUT2D eigenvalue weighted by Gasteiger charge is -2.13. The second-order valence-electron chi connectivity index (χ2n) is 8.34. The minimum Gasteiger partial charge on any atom is -0.381 e. The van der Waals surface area contributed by atoms with Gasteiger partial charge in [-0.25, -0.2) is 4.98 Å². The van der Waals surface area contributed by atoms with Crippen LogP contribution in [0.25, 0.3) is 34.3 Å². The molecule has 0 saturated heterocycles. The molecule has 176 valence electrons. The lowest BCUT2D eigenvalue weighted by molar-refractivity contribution is -0.127. The number of nitrogens with one attached hydrogen (secondary N) is 1. The molecule has 5 aromatic rings. The molecule has 3 heterocycles. The summed E-state index contributed by atoms with van der Waals surface area (Å²) in [6.07, 6.45) is 2.30. The fraction of sp³-hybridized carbons (Fsp3) is 0.192. The topological polar surface area (TPSA) is 131 Å². The number of aliphatic hydroxyl groups excluding tert-OH is 1. The predicted molar refractivity (Wildman–Crippen MR) is 127 cm³/mol. The molecule has 0 saturated carbocycles. The molecule has 0 aliphatic heterocycles. The number of aromatic nitrogens is 5. The number of imidazole rings is 1. The Kier molecular flexibility index (Phi) is 6.07. The number of carbonyl (C=O) groups excluding carboxylic acids is 1. The van der Waals surface area contributed by atoms with Crippen LogP contribution < -0.4 is 0 Å². The first-order valence-corrected chi connectivity index (χ1v) is 11.2. The van der Waals surface area contributed by atoms with Crippen molar-refractivity contribution in [2.75, 3.05) is 0 Å². The van der Waals surface area contributed by atoms with Crippen LogP contribution in [0.1, 0.15) is 42.3 Å². The van der Waals surface area contributed by atoms with Gasteiger partial charge in [0.1, 0.15) is 17.6 Å². The van der Waals surface area contributed by atoms with E-state index < -0.39 is 6.10 Å². The molecule has 9 nitrogen and oxygen atoms in total. The third-order valence-electron chi connectivity index (χ3n) is 5.87. The zero-order valence-corrected chi connectivity index (χ0v) is 19.2. The zero-order valence-electron chi connectivity index (χ0n) is 19.2. The van der Waals surface area contributed by atoms with Gasteiger partial charge in [-0.2, -0.15) is 4.98 Å². The van der Waals surface area contributed by atoms with Gasteiger partial charge in [-0.3, -0.25) is 4.79 Å². The molecule has 0 bridgehead atoms. The van der Waals surface area contributed by atoms with Crippen LogP contribution in [0.4, 0.5) is 0 Å². The molecule has 0 radical (unpaired) electrons. The van der Waals surface area contributed by atoms with Gasteiger partial charge in [0.15, 0.2) is 5.78 Å². The molecule has 0 spiro atoms. The number of aliphatic hydroxyl groups is 1. The fourth-order valence-corrected chi connectivity index (χ4v) is 3.89. The van der Waals surface area contributed by atoms with Crippen LogP contribution in [0.15, 0.2) is 76.0 Å². The number of carbonyl (C=O) groups is 1. The zero-order chi connectivity index (χ0) is 24.4. The predicted octanol–water partition coefficient (Wildman–Crippen LogP) is 4.89. The van der Waals surface area contributed by atoms with Crippen molar-refractivity contribution in [2.24, 2.45) is 0 Å². The normalized spacial score (nSPS) is 13.0. The number of ketones is 1. The summed E-state index contributed by atoms with van der Waals surface area (Å²) in [6, 6.07) is 16.5. The monoisotopic (exact) mass is 469 g/mol. The van der Waals surface area contributed by atoms with Crippen LogP contribution in [0.3, 0.4) is 0 Å². The number of benzene rings is 2. The summed E-state index contributed by atoms with van der Waals surface area (Å²) in [5.74, 6) is 1.30. The highest BCUT2D eigenvalue weighted by Crippen LogP contribution is 2.32. The molecule has 3 aromatic heterocycles. The Labute approximate surface area is 200 Å². The average molecular weight is 470 g/mol. The fourth-order valence-electron chi connectivity index (χ4n) is 3.89. The number of aromatic amines is 1. The number of rotatable bonds is 8. The quantitative estimate of drug-likeness (QED) is 0.328. The molecule has 2 N–H and O–H groups in total. The molecule has 9 heteroatoms. The smallest absolute Gasteiger partial charge is 0.297 e. The first-order chi connectivity index (χ1) is 17.0. The molecule has 35 heavy (non-hydrogen) atoms. The van der Waals surface area contributed by atoms with E-state index >= 15 is 0 Å². The maximum Gasteiger partial charge on any atom is 0.297 e. The van der Waals surface area contributed by atoms with Gasteiger partial charge in [0, 0.05) is 41.4 Å². The SMILES string of the molecule is Cc1c(-c2ccccc2)noc1-c1nc(-c2ccc(C(O)C(=O)C[C@@H](C)c3ncc[nH]3)cc2)no1. The van der Waals surface area contributed by atoms with Crippen LogP contribution in [-0.2, 0) is 4.79 Å².